The lowest BCUT2D eigenvalue weighted by molar-refractivity contribution is 0.0743. The van der Waals surface area contributed by atoms with E-state index in [0.717, 1.165) is 48.9 Å². The van der Waals surface area contributed by atoms with Crippen LogP contribution in [-0.4, -0.2) is 56.4 Å². The summed E-state index contributed by atoms with van der Waals surface area (Å²) in [6.07, 6.45) is 0. The maximum Gasteiger partial charge on any atom is 0.292 e. The van der Waals surface area contributed by atoms with Crippen LogP contribution in [0.3, 0.4) is 0 Å². The van der Waals surface area contributed by atoms with Crippen molar-refractivity contribution in [2.45, 2.75) is 6.54 Å². The van der Waals surface area contributed by atoms with Gasteiger partial charge in [-0.25, -0.2) is 0 Å². The lowest BCUT2D eigenvalue weighted by Gasteiger charge is -2.31. The highest BCUT2D eigenvalue weighted by atomic mass is 16.5. The molecule has 0 bridgehead atoms. The molecular weight excluding hydrogens is 382 g/mol. The van der Waals surface area contributed by atoms with E-state index in [9.17, 15) is 4.79 Å². The lowest BCUT2D eigenvalue weighted by atomic mass is 10.1. The summed E-state index contributed by atoms with van der Waals surface area (Å²) in [4.78, 5) is 16.9. The van der Waals surface area contributed by atoms with E-state index in [2.05, 4.69) is 22.2 Å². The molecule has 0 saturated carbocycles. The summed E-state index contributed by atoms with van der Waals surface area (Å²) in [6.45, 7) is 3.61. The summed E-state index contributed by atoms with van der Waals surface area (Å²) in [5.74, 6) is 0.767. The Labute approximate surface area is 175 Å². The number of carbonyl (C=O) groups is 1. The van der Waals surface area contributed by atoms with Crippen molar-refractivity contribution in [3.63, 3.8) is 0 Å². The number of aromatic nitrogens is 1. The predicted molar refractivity (Wildman–Crippen MR) is 114 cm³/mol. The Bertz CT molecular complexity index is 994. The molecule has 2 heterocycles. The van der Waals surface area contributed by atoms with Gasteiger partial charge in [0.1, 0.15) is 11.4 Å². The van der Waals surface area contributed by atoms with E-state index in [1.54, 1.807) is 25.1 Å². The van der Waals surface area contributed by atoms with Gasteiger partial charge < -0.3 is 23.8 Å². The van der Waals surface area contributed by atoms with Crippen molar-refractivity contribution in [2.75, 3.05) is 45.4 Å². The van der Waals surface area contributed by atoms with Crippen LogP contribution >= 0.6 is 0 Å². The zero-order chi connectivity index (χ0) is 20.9. The molecule has 2 aromatic carbocycles. The van der Waals surface area contributed by atoms with Crippen LogP contribution in [0.5, 0.6) is 5.75 Å². The number of para-hydroxylation sites is 1. The van der Waals surface area contributed by atoms with Crippen molar-refractivity contribution in [1.29, 1.82) is 0 Å². The normalized spacial score (nSPS) is 13.9. The number of benzene rings is 2. The van der Waals surface area contributed by atoms with E-state index in [4.69, 9.17) is 14.0 Å². The Balaban J connectivity index is 1.47. The Hall–Kier alpha value is -3.32. The smallest absolute Gasteiger partial charge is 0.292 e. The molecule has 0 atom stereocenters. The van der Waals surface area contributed by atoms with Crippen LogP contribution in [0.2, 0.25) is 0 Å². The van der Waals surface area contributed by atoms with Crippen LogP contribution < -0.4 is 9.64 Å². The average Bonchev–Trinajstić information content (AvgIpc) is 3.30. The van der Waals surface area contributed by atoms with Gasteiger partial charge in [0.2, 0.25) is 5.76 Å². The van der Waals surface area contributed by atoms with E-state index in [1.165, 1.54) is 0 Å². The quantitative estimate of drug-likeness (QED) is 0.623. The van der Waals surface area contributed by atoms with Crippen molar-refractivity contribution in [3.05, 3.63) is 65.9 Å². The first-order chi connectivity index (χ1) is 14.7. The SMILES string of the molecule is COc1ccc(-c2cc(C(=O)N(C)Cc3ccccc3N3CCOCC3)on2)cc1. The van der Waals surface area contributed by atoms with Gasteiger partial charge in [0.15, 0.2) is 0 Å². The molecule has 1 aliphatic heterocycles. The van der Waals surface area contributed by atoms with Crippen LogP contribution in [0.25, 0.3) is 11.3 Å². The Morgan fingerprint density at radius 3 is 2.60 bits per heavy atom. The Morgan fingerprint density at radius 1 is 1.13 bits per heavy atom. The molecule has 7 nitrogen and oxygen atoms in total. The maximum absolute atomic E-state index is 12.9. The van der Waals surface area contributed by atoms with E-state index in [-0.39, 0.29) is 11.7 Å². The fourth-order valence-corrected chi connectivity index (χ4v) is 3.55. The number of hydrogen-bond acceptors (Lipinski definition) is 6. The first-order valence-electron chi connectivity index (χ1n) is 9.93. The lowest BCUT2D eigenvalue weighted by Crippen LogP contribution is -2.37. The minimum atomic E-state index is -0.209. The number of ether oxygens (including phenoxy) is 2. The molecule has 7 heteroatoms. The van der Waals surface area contributed by atoms with Gasteiger partial charge >= 0.3 is 0 Å². The molecule has 0 aliphatic carbocycles. The van der Waals surface area contributed by atoms with Crippen LogP contribution in [0.1, 0.15) is 16.1 Å². The van der Waals surface area contributed by atoms with Crippen LogP contribution in [0, 0.1) is 0 Å². The molecular formula is C23H25N3O4. The number of anilines is 1. The van der Waals surface area contributed by atoms with Gasteiger partial charge in [-0.15, -0.1) is 0 Å². The number of nitrogens with zero attached hydrogens (tertiary/aromatic N) is 3. The third-order valence-electron chi connectivity index (χ3n) is 5.20. The second kappa shape index (κ2) is 9.00. The van der Waals surface area contributed by atoms with Gasteiger partial charge in [-0.05, 0) is 35.9 Å². The highest BCUT2D eigenvalue weighted by Gasteiger charge is 2.21. The maximum atomic E-state index is 12.9. The molecule has 4 rings (SSSR count). The number of amides is 1. The Kier molecular flexibility index (Phi) is 5.99. The average molecular weight is 407 g/mol. The highest BCUT2D eigenvalue weighted by Crippen LogP contribution is 2.25. The molecule has 1 aromatic heterocycles. The molecule has 156 valence electrons. The summed E-state index contributed by atoms with van der Waals surface area (Å²) >= 11 is 0. The molecule has 1 amide bonds. The molecule has 3 aromatic rings. The molecule has 0 unspecified atom stereocenters. The molecule has 0 spiro atoms. The van der Waals surface area contributed by atoms with Crippen molar-refractivity contribution in [3.8, 4) is 17.0 Å². The summed E-state index contributed by atoms with van der Waals surface area (Å²) < 4.78 is 16.0. The van der Waals surface area contributed by atoms with Crippen molar-refractivity contribution in [1.82, 2.24) is 10.1 Å². The standard InChI is InChI=1S/C23H25N3O4/c1-25(16-18-5-3-4-6-21(18)26-11-13-29-14-12-26)23(27)22-15-20(24-30-22)17-7-9-19(28-2)10-8-17/h3-10,15H,11-14,16H2,1-2H3. The van der Waals surface area contributed by atoms with Crippen molar-refractivity contribution in [2.24, 2.45) is 0 Å². The largest absolute Gasteiger partial charge is 0.497 e. The minimum Gasteiger partial charge on any atom is -0.497 e. The number of hydrogen-bond donors (Lipinski definition) is 0. The third-order valence-corrected chi connectivity index (χ3v) is 5.20. The summed E-state index contributed by atoms with van der Waals surface area (Å²) in [7, 11) is 3.39. The van der Waals surface area contributed by atoms with Crippen molar-refractivity contribution >= 4 is 11.6 Å². The third kappa shape index (κ3) is 4.31. The number of morpholine rings is 1. The molecule has 1 fully saturated rings. The van der Waals surface area contributed by atoms with Gasteiger partial charge in [0.05, 0.1) is 20.3 Å². The van der Waals surface area contributed by atoms with Crippen LogP contribution in [0.15, 0.2) is 59.1 Å². The molecule has 1 saturated heterocycles. The fraction of sp³-hybridized carbons (Fsp3) is 0.304. The van der Waals surface area contributed by atoms with Gasteiger partial charge in [-0.2, -0.15) is 0 Å². The van der Waals surface area contributed by atoms with Crippen LogP contribution in [-0.2, 0) is 11.3 Å². The van der Waals surface area contributed by atoms with Crippen molar-refractivity contribution < 1.29 is 18.8 Å². The topological polar surface area (TPSA) is 68.0 Å². The fourth-order valence-electron chi connectivity index (χ4n) is 3.55. The van der Waals surface area contributed by atoms with E-state index >= 15 is 0 Å². The number of methoxy groups -OCH3 is 1. The second-order valence-electron chi connectivity index (χ2n) is 7.19. The molecule has 0 N–H and O–H groups in total. The number of carbonyl (C=O) groups excluding carboxylic acids is 1. The van der Waals surface area contributed by atoms with E-state index < -0.39 is 0 Å². The molecule has 0 radical (unpaired) electrons. The monoisotopic (exact) mass is 407 g/mol. The molecule has 1 aliphatic rings. The summed E-state index contributed by atoms with van der Waals surface area (Å²) in [5, 5.41) is 4.06. The first kappa shape index (κ1) is 20.0. The van der Waals surface area contributed by atoms with E-state index in [1.807, 2.05) is 36.4 Å². The molecule has 30 heavy (non-hydrogen) atoms. The minimum absolute atomic E-state index is 0.209. The first-order valence-corrected chi connectivity index (χ1v) is 9.93. The zero-order valence-corrected chi connectivity index (χ0v) is 17.2. The van der Waals surface area contributed by atoms with E-state index in [0.29, 0.717) is 12.2 Å². The van der Waals surface area contributed by atoms with Gasteiger partial charge in [0.25, 0.3) is 5.91 Å². The van der Waals surface area contributed by atoms with Gasteiger partial charge in [0, 0.05) is 44.0 Å². The van der Waals surface area contributed by atoms with Crippen LogP contribution in [0.4, 0.5) is 5.69 Å². The Morgan fingerprint density at radius 2 is 1.87 bits per heavy atom. The summed E-state index contributed by atoms with van der Waals surface area (Å²) in [6, 6.07) is 17.3. The summed E-state index contributed by atoms with van der Waals surface area (Å²) in [5.41, 5.74) is 3.70. The second-order valence-corrected chi connectivity index (χ2v) is 7.19. The highest BCUT2D eigenvalue weighted by molar-refractivity contribution is 5.92. The van der Waals surface area contributed by atoms with Gasteiger partial charge in [-0.1, -0.05) is 23.4 Å². The predicted octanol–water partition coefficient (Wildman–Crippen LogP) is 3.46. The van der Waals surface area contributed by atoms with Gasteiger partial charge in [-0.3, -0.25) is 4.79 Å². The number of rotatable bonds is 6. The zero-order valence-electron chi connectivity index (χ0n) is 17.2.